The number of allylic oxidation sites excluding steroid dienone is 2. The molecule has 0 atom stereocenters. The van der Waals surface area contributed by atoms with Crippen molar-refractivity contribution in [3.63, 3.8) is 0 Å². The minimum Gasteiger partial charge on any atom is -0.167 e. The molecule has 0 aromatic rings. The van der Waals surface area contributed by atoms with Gasteiger partial charge in [0.15, 0.2) is 0 Å². The molecule has 0 aromatic carbocycles. The highest BCUT2D eigenvalue weighted by atomic mass is 127. The standard InChI is InChI=1S/C8H12F3I/c1-2-3-4-5-7(12)6-8(9,10)11/h6H,2-5H2,1H3/b7-6+. The second kappa shape index (κ2) is 5.83. The van der Waals surface area contributed by atoms with Crippen LogP contribution in [0.4, 0.5) is 13.2 Å². The van der Waals surface area contributed by atoms with Gasteiger partial charge < -0.3 is 0 Å². The molecule has 72 valence electrons. The lowest BCUT2D eigenvalue weighted by Gasteiger charge is -2.01. The molecule has 0 nitrogen and oxygen atoms in total. The lowest BCUT2D eigenvalue weighted by Crippen LogP contribution is -2.01. The minimum absolute atomic E-state index is 0.378. The molecule has 0 unspecified atom stereocenters. The molecule has 0 rings (SSSR count). The van der Waals surface area contributed by atoms with Crippen molar-refractivity contribution in [2.24, 2.45) is 0 Å². The van der Waals surface area contributed by atoms with Gasteiger partial charge >= 0.3 is 6.18 Å². The van der Waals surface area contributed by atoms with Gasteiger partial charge in [0, 0.05) is 6.08 Å². The minimum atomic E-state index is -4.15. The summed E-state index contributed by atoms with van der Waals surface area (Å²) < 4.78 is 35.6. The Morgan fingerprint density at radius 3 is 2.33 bits per heavy atom. The predicted molar refractivity (Wildman–Crippen MR) is 52.3 cm³/mol. The summed E-state index contributed by atoms with van der Waals surface area (Å²) in [6.45, 7) is 2.03. The fraction of sp³-hybridized carbons (Fsp3) is 0.750. The summed E-state index contributed by atoms with van der Waals surface area (Å²) in [7, 11) is 0. The van der Waals surface area contributed by atoms with Crippen LogP contribution in [0.3, 0.4) is 0 Å². The first-order chi connectivity index (χ1) is 5.45. The van der Waals surface area contributed by atoms with E-state index in [1.165, 1.54) is 0 Å². The van der Waals surface area contributed by atoms with Gasteiger partial charge in [-0.15, -0.1) is 0 Å². The average molecular weight is 292 g/mol. The van der Waals surface area contributed by atoms with Crippen molar-refractivity contribution in [2.75, 3.05) is 0 Å². The molecular weight excluding hydrogens is 280 g/mol. The highest BCUT2D eigenvalue weighted by molar-refractivity contribution is 14.1. The van der Waals surface area contributed by atoms with Gasteiger partial charge in [-0.1, -0.05) is 19.8 Å². The Morgan fingerprint density at radius 1 is 1.33 bits per heavy atom. The van der Waals surface area contributed by atoms with Gasteiger partial charge in [-0.2, -0.15) is 13.2 Å². The Bertz CT molecular complexity index is 149. The summed E-state index contributed by atoms with van der Waals surface area (Å²) in [4.78, 5) is 0. The summed E-state index contributed by atoms with van der Waals surface area (Å²) in [5.41, 5.74) is 0. The third-order valence-corrected chi connectivity index (χ3v) is 2.19. The van der Waals surface area contributed by atoms with Crippen LogP contribution in [0.25, 0.3) is 0 Å². The van der Waals surface area contributed by atoms with Gasteiger partial charge in [-0.3, -0.25) is 0 Å². The summed E-state index contributed by atoms with van der Waals surface area (Å²) in [6.07, 6.45) is -0.338. The third-order valence-electron chi connectivity index (χ3n) is 1.34. The first-order valence-corrected chi connectivity index (χ1v) is 4.97. The van der Waals surface area contributed by atoms with Crippen LogP contribution in [0.2, 0.25) is 0 Å². The van der Waals surface area contributed by atoms with Crippen molar-refractivity contribution in [3.8, 4) is 0 Å². The van der Waals surface area contributed by atoms with E-state index in [0.717, 1.165) is 19.3 Å². The molecule has 0 N–H and O–H groups in total. The number of hydrogen-bond acceptors (Lipinski definition) is 0. The summed E-state index contributed by atoms with van der Waals surface area (Å²) in [5, 5.41) is 0. The SMILES string of the molecule is CCCCC/C(I)=C\C(F)(F)F. The molecule has 0 aliphatic heterocycles. The highest BCUT2D eigenvalue weighted by Gasteiger charge is 2.23. The fourth-order valence-electron chi connectivity index (χ4n) is 0.794. The molecule has 0 amide bonds. The zero-order valence-corrected chi connectivity index (χ0v) is 9.08. The van der Waals surface area contributed by atoms with Gasteiger partial charge in [0.1, 0.15) is 0 Å². The van der Waals surface area contributed by atoms with Crippen LogP contribution in [-0.2, 0) is 0 Å². The van der Waals surface area contributed by atoms with Crippen LogP contribution in [0.1, 0.15) is 32.6 Å². The van der Waals surface area contributed by atoms with Crippen molar-refractivity contribution in [1.29, 1.82) is 0 Å². The zero-order valence-electron chi connectivity index (χ0n) is 6.92. The van der Waals surface area contributed by atoms with E-state index < -0.39 is 6.18 Å². The van der Waals surface area contributed by atoms with E-state index in [1.54, 1.807) is 22.6 Å². The molecule has 0 aliphatic carbocycles. The Labute approximate surface area is 84.4 Å². The van der Waals surface area contributed by atoms with Crippen molar-refractivity contribution in [2.45, 2.75) is 38.8 Å². The van der Waals surface area contributed by atoms with Crippen LogP contribution in [0.15, 0.2) is 9.66 Å². The Hall–Kier alpha value is 0.260. The van der Waals surface area contributed by atoms with Crippen LogP contribution < -0.4 is 0 Å². The monoisotopic (exact) mass is 292 g/mol. The number of hydrogen-bond donors (Lipinski definition) is 0. The normalized spacial score (nSPS) is 13.6. The third kappa shape index (κ3) is 8.36. The van der Waals surface area contributed by atoms with E-state index in [0.29, 0.717) is 16.1 Å². The van der Waals surface area contributed by atoms with Crippen LogP contribution in [0.5, 0.6) is 0 Å². The first-order valence-electron chi connectivity index (χ1n) is 3.89. The van der Waals surface area contributed by atoms with Gasteiger partial charge in [-0.05, 0) is 39.0 Å². The van der Waals surface area contributed by atoms with Gasteiger partial charge in [0.2, 0.25) is 0 Å². The molecule has 0 aliphatic rings. The molecule has 0 radical (unpaired) electrons. The number of alkyl halides is 3. The second-order valence-electron chi connectivity index (χ2n) is 2.59. The molecule has 0 saturated heterocycles. The molecule has 0 fully saturated rings. The lowest BCUT2D eigenvalue weighted by molar-refractivity contribution is -0.0801. The van der Waals surface area contributed by atoms with Crippen molar-refractivity contribution in [1.82, 2.24) is 0 Å². The smallest absolute Gasteiger partial charge is 0.167 e. The van der Waals surface area contributed by atoms with E-state index in [2.05, 4.69) is 0 Å². The topological polar surface area (TPSA) is 0 Å². The highest BCUT2D eigenvalue weighted by Crippen LogP contribution is 2.24. The van der Waals surface area contributed by atoms with E-state index in [1.807, 2.05) is 6.92 Å². The van der Waals surface area contributed by atoms with Gasteiger partial charge in [0.25, 0.3) is 0 Å². The predicted octanol–water partition coefficient (Wildman–Crippen LogP) is 4.45. The zero-order chi connectivity index (χ0) is 9.61. The number of unbranched alkanes of at least 4 members (excludes halogenated alkanes) is 2. The molecule has 0 bridgehead atoms. The molecule has 0 saturated carbocycles. The van der Waals surface area contributed by atoms with Crippen LogP contribution >= 0.6 is 22.6 Å². The van der Waals surface area contributed by atoms with Crippen molar-refractivity contribution < 1.29 is 13.2 Å². The quantitative estimate of drug-likeness (QED) is 0.530. The maximum Gasteiger partial charge on any atom is 0.410 e. The lowest BCUT2D eigenvalue weighted by atomic mass is 10.2. The summed E-state index contributed by atoms with van der Waals surface area (Å²) >= 11 is 1.75. The second-order valence-corrected chi connectivity index (χ2v) is 3.98. The molecular formula is C8H12F3I. The van der Waals surface area contributed by atoms with Gasteiger partial charge in [0.05, 0.1) is 0 Å². The number of rotatable bonds is 4. The Balaban J connectivity index is 3.71. The molecule has 12 heavy (non-hydrogen) atoms. The maximum absolute atomic E-state index is 11.7. The average Bonchev–Trinajstić information content (AvgIpc) is 1.84. The van der Waals surface area contributed by atoms with Crippen LogP contribution in [-0.4, -0.2) is 6.18 Å². The molecule has 0 aromatic heterocycles. The Kier molecular flexibility index (Phi) is 5.96. The van der Waals surface area contributed by atoms with Crippen LogP contribution in [0, 0.1) is 0 Å². The maximum atomic E-state index is 11.7. The molecule has 0 heterocycles. The molecule has 0 spiro atoms. The largest absolute Gasteiger partial charge is 0.410 e. The summed E-state index contributed by atoms with van der Waals surface area (Å²) in [5.74, 6) is 0. The van der Waals surface area contributed by atoms with E-state index in [4.69, 9.17) is 0 Å². The van der Waals surface area contributed by atoms with E-state index >= 15 is 0 Å². The van der Waals surface area contributed by atoms with Gasteiger partial charge in [-0.25, -0.2) is 0 Å². The first kappa shape index (κ1) is 12.3. The summed E-state index contributed by atoms with van der Waals surface area (Å²) in [6, 6.07) is 0. The van der Waals surface area contributed by atoms with Crippen molar-refractivity contribution >= 4 is 22.6 Å². The fourth-order valence-corrected chi connectivity index (χ4v) is 1.53. The van der Waals surface area contributed by atoms with E-state index in [-0.39, 0.29) is 0 Å². The molecule has 4 heteroatoms. The van der Waals surface area contributed by atoms with Crippen molar-refractivity contribution in [3.05, 3.63) is 9.66 Å². The van der Waals surface area contributed by atoms with E-state index in [9.17, 15) is 13.2 Å². The Morgan fingerprint density at radius 2 is 1.92 bits per heavy atom. The number of halogens is 4.